The summed E-state index contributed by atoms with van der Waals surface area (Å²) in [5.74, 6) is 1.79. The summed E-state index contributed by atoms with van der Waals surface area (Å²) < 4.78 is 5.37. The maximum Gasteiger partial charge on any atom is 0.113 e. The molecule has 0 amide bonds. The summed E-state index contributed by atoms with van der Waals surface area (Å²) >= 11 is 7.86. The quantitative estimate of drug-likeness (QED) is 0.843. The van der Waals surface area contributed by atoms with Gasteiger partial charge in [0.05, 0.1) is 12.0 Å². The molecule has 0 radical (unpaired) electrons. The molecule has 2 N–H and O–H groups in total. The van der Waals surface area contributed by atoms with E-state index in [-0.39, 0.29) is 11.3 Å². The van der Waals surface area contributed by atoms with Crippen molar-refractivity contribution in [2.24, 2.45) is 5.73 Å². The maximum atomic E-state index is 6.24. The standard InChI is InChI=1S/C15H18ClNOS/c1-2-14(17)15(11-5-3-6-12(16)9-11)19-10-13-7-4-8-18-13/h3-9,14-15H,2,10,17H2,1H3. The Bertz CT molecular complexity index is 501. The van der Waals surface area contributed by atoms with Crippen LogP contribution in [0, 0.1) is 0 Å². The molecule has 1 heterocycles. The van der Waals surface area contributed by atoms with E-state index in [4.69, 9.17) is 21.8 Å². The van der Waals surface area contributed by atoms with E-state index in [0.717, 1.165) is 23.0 Å². The van der Waals surface area contributed by atoms with Gasteiger partial charge in [-0.1, -0.05) is 30.7 Å². The highest BCUT2D eigenvalue weighted by Crippen LogP contribution is 2.35. The summed E-state index contributed by atoms with van der Waals surface area (Å²) in [6.45, 7) is 2.11. The smallest absolute Gasteiger partial charge is 0.113 e. The van der Waals surface area contributed by atoms with Crippen molar-refractivity contribution >= 4 is 23.4 Å². The summed E-state index contributed by atoms with van der Waals surface area (Å²) in [5, 5.41) is 0.984. The first-order valence-corrected chi connectivity index (χ1v) is 7.78. The largest absolute Gasteiger partial charge is 0.468 e. The van der Waals surface area contributed by atoms with Crippen LogP contribution in [0.25, 0.3) is 0 Å². The molecule has 0 saturated heterocycles. The van der Waals surface area contributed by atoms with Crippen molar-refractivity contribution in [2.45, 2.75) is 30.4 Å². The summed E-state index contributed by atoms with van der Waals surface area (Å²) in [6.07, 6.45) is 2.63. The number of hydrogen-bond acceptors (Lipinski definition) is 3. The first-order valence-electron chi connectivity index (χ1n) is 6.35. The third kappa shape index (κ3) is 4.03. The van der Waals surface area contributed by atoms with Crippen LogP contribution in [0.5, 0.6) is 0 Å². The van der Waals surface area contributed by atoms with Crippen LogP contribution < -0.4 is 5.73 Å². The van der Waals surface area contributed by atoms with E-state index >= 15 is 0 Å². The number of hydrogen-bond donors (Lipinski definition) is 1. The summed E-state index contributed by atoms with van der Waals surface area (Å²) in [4.78, 5) is 0. The summed E-state index contributed by atoms with van der Waals surface area (Å²) in [5.41, 5.74) is 7.42. The van der Waals surface area contributed by atoms with E-state index in [1.807, 2.05) is 30.3 Å². The fourth-order valence-corrected chi connectivity index (χ4v) is 3.42. The first-order chi connectivity index (χ1) is 9.20. The lowest BCUT2D eigenvalue weighted by Gasteiger charge is -2.22. The summed E-state index contributed by atoms with van der Waals surface area (Å²) in [6, 6.07) is 11.9. The average Bonchev–Trinajstić information content (AvgIpc) is 2.92. The molecule has 0 aliphatic heterocycles. The molecule has 0 fully saturated rings. The van der Waals surface area contributed by atoms with Crippen molar-refractivity contribution in [3.63, 3.8) is 0 Å². The zero-order valence-electron chi connectivity index (χ0n) is 10.9. The molecule has 19 heavy (non-hydrogen) atoms. The van der Waals surface area contributed by atoms with Crippen LogP contribution in [0.2, 0.25) is 5.02 Å². The first kappa shape index (κ1) is 14.5. The second-order valence-electron chi connectivity index (χ2n) is 4.44. The molecule has 102 valence electrons. The van der Waals surface area contributed by atoms with Crippen LogP contribution in [-0.2, 0) is 5.75 Å². The zero-order valence-corrected chi connectivity index (χ0v) is 12.5. The Morgan fingerprint density at radius 3 is 2.79 bits per heavy atom. The van der Waals surface area contributed by atoms with Crippen molar-refractivity contribution in [3.8, 4) is 0 Å². The van der Waals surface area contributed by atoms with Gasteiger partial charge in [0.25, 0.3) is 0 Å². The predicted molar refractivity (Wildman–Crippen MR) is 82.5 cm³/mol. The van der Waals surface area contributed by atoms with Crippen LogP contribution in [0.1, 0.15) is 29.9 Å². The van der Waals surface area contributed by atoms with Crippen LogP contribution in [-0.4, -0.2) is 6.04 Å². The SMILES string of the molecule is CCC(N)C(SCc1ccco1)c1cccc(Cl)c1. The lowest BCUT2D eigenvalue weighted by Crippen LogP contribution is -2.25. The van der Waals surface area contributed by atoms with Gasteiger partial charge in [-0.25, -0.2) is 0 Å². The number of thioether (sulfide) groups is 1. The molecule has 0 spiro atoms. The van der Waals surface area contributed by atoms with Gasteiger partial charge >= 0.3 is 0 Å². The fraction of sp³-hybridized carbons (Fsp3) is 0.333. The van der Waals surface area contributed by atoms with Crippen molar-refractivity contribution in [2.75, 3.05) is 0 Å². The van der Waals surface area contributed by atoms with Gasteiger partial charge in [-0.3, -0.25) is 0 Å². The summed E-state index contributed by atoms with van der Waals surface area (Å²) in [7, 11) is 0. The van der Waals surface area contributed by atoms with Gasteiger partial charge in [0.15, 0.2) is 0 Å². The van der Waals surface area contributed by atoms with Crippen molar-refractivity contribution in [1.82, 2.24) is 0 Å². The van der Waals surface area contributed by atoms with E-state index in [0.29, 0.717) is 0 Å². The highest BCUT2D eigenvalue weighted by molar-refractivity contribution is 7.98. The van der Waals surface area contributed by atoms with Gasteiger partial charge in [0.2, 0.25) is 0 Å². The minimum absolute atomic E-state index is 0.110. The molecule has 0 aliphatic rings. The van der Waals surface area contributed by atoms with Crippen molar-refractivity contribution in [3.05, 3.63) is 59.0 Å². The van der Waals surface area contributed by atoms with E-state index in [9.17, 15) is 0 Å². The van der Waals surface area contributed by atoms with Crippen LogP contribution >= 0.6 is 23.4 Å². The Morgan fingerprint density at radius 1 is 1.32 bits per heavy atom. The van der Waals surface area contributed by atoms with E-state index in [2.05, 4.69) is 13.0 Å². The van der Waals surface area contributed by atoms with Gasteiger partial charge in [0.1, 0.15) is 5.76 Å². The minimum Gasteiger partial charge on any atom is -0.468 e. The van der Waals surface area contributed by atoms with Gasteiger partial charge in [-0.05, 0) is 36.2 Å². The number of nitrogens with two attached hydrogens (primary N) is 1. The van der Waals surface area contributed by atoms with Gasteiger partial charge in [-0.2, -0.15) is 0 Å². The van der Waals surface area contributed by atoms with Gasteiger partial charge in [0, 0.05) is 16.3 Å². The highest BCUT2D eigenvalue weighted by Gasteiger charge is 2.19. The van der Waals surface area contributed by atoms with Crippen molar-refractivity contribution < 1.29 is 4.42 Å². The lowest BCUT2D eigenvalue weighted by molar-refractivity contribution is 0.529. The number of furan rings is 1. The van der Waals surface area contributed by atoms with Gasteiger partial charge in [-0.15, -0.1) is 11.8 Å². The third-order valence-corrected chi connectivity index (χ3v) is 4.69. The molecular formula is C15H18ClNOS. The van der Waals surface area contributed by atoms with E-state index < -0.39 is 0 Å². The maximum absolute atomic E-state index is 6.24. The van der Waals surface area contributed by atoms with E-state index in [1.165, 1.54) is 5.56 Å². The molecule has 2 rings (SSSR count). The molecule has 0 bridgehead atoms. The predicted octanol–water partition coefficient (Wildman–Crippen LogP) is 4.64. The fourth-order valence-electron chi connectivity index (χ4n) is 1.93. The zero-order chi connectivity index (χ0) is 13.7. The number of halogens is 1. The van der Waals surface area contributed by atoms with E-state index in [1.54, 1.807) is 18.0 Å². The second-order valence-corrected chi connectivity index (χ2v) is 6.00. The van der Waals surface area contributed by atoms with Crippen LogP contribution in [0.3, 0.4) is 0 Å². The van der Waals surface area contributed by atoms with Crippen LogP contribution in [0.4, 0.5) is 0 Å². The highest BCUT2D eigenvalue weighted by atomic mass is 35.5. The normalized spacial score (nSPS) is 14.3. The Labute approximate surface area is 123 Å². The molecule has 2 aromatic rings. The number of rotatable bonds is 6. The minimum atomic E-state index is 0.110. The van der Waals surface area contributed by atoms with Crippen LogP contribution in [0.15, 0.2) is 47.1 Å². The Hall–Kier alpha value is -0.900. The second kappa shape index (κ2) is 7.04. The number of benzene rings is 1. The average molecular weight is 296 g/mol. The monoisotopic (exact) mass is 295 g/mol. The molecule has 0 aliphatic carbocycles. The topological polar surface area (TPSA) is 39.2 Å². The lowest BCUT2D eigenvalue weighted by atomic mass is 10.0. The molecule has 0 saturated carbocycles. The molecule has 2 atom stereocenters. The molecule has 1 aromatic heterocycles. The van der Waals surface area contributed by atoms with Crippen molar-refractivity contribution in [1.29, 1.82) is 0 Å². The molecular weight excluding hydrogens is 278 g/mol. The molecule has 2 nitrogen and oxygen atoms in total. The molecule has 1 aromatic carbocycles. The molecule has 4 heteroatoms. The Balaban J connectivity index is 2.11. The third-order valence-electron chi connectivity index (χ3n) is 3.02. The Kier molecular flexibility index (Phi) is 5.37. The van der Waals surface area contributed by atoms with Gasteiger partial charge < -0.3 is 10.2 Å². The Morgan fingerprint density at radius 2 is 2.16 bits per heavy atom. The molecule has 2 unspecified atom stereocenters.